The Morgan fingerprint density at radius 3 is 2.27 bits per heavy atom. The predicted molar refractivity (Wildman–Crippen MR) is 122 cm³/mol. The lowest BCUT2D eigenvalue weighted by Crippen LogP contribution is -2.48. The number of halogens is 2. The number of aliphatic hydroxyl groups excluding tert-OH is 1. The van der Waals surface area contributed by atoms with Crippen LogP contribution in [0.2, 0.25) is 0 Å². The SMILES string of the molecule is C[C@@H](c1ccc(-c2ccc(F)cc2)cc1)N1CCC(CCCO)(c2cccc(F)c2)OC1=O. The molecule has 0 saturated carbocycles. The number of hydrogen-bond acceptors (Lipinski definition) is 3. The first-order valence-corrected chi connectivity index (χ1v) is 11.1. The topological polar surface area (TPSA) is 49.8 Å². The van der Waals surface area contributed by atoms with Gasteiger partial charge in [0.25, 0.3) is 0 Å². The molecule has 33 heavy (non-hydrogen) atoms. The molecule has 3 aromatic carbocycles. The molecule has 4 nitrogen and oxygen atoms in total. The zero-order valence-electron chi connectivity index (χ0n) is 18.5. The first-order chi connectivity index (χ1) is 15.9. The van der Waals surface area contributed by atoms with E-state index in [1.54, 1.807) is 29.2 Å². The van der Waals surface area contributed by atoms with Crippen molar-refractivity contribution in [3.05, 3.63) is 95.6 Å². The van der Waals surface area contributed by atoms with Crippen LogP contribution < -0.4 is 0 Å². The summed E-state index contributed by atoms with van der Waals surface area (Å²) >= 11 is 0. The number of carbonyl (C=O) groups is 1. The number of benzene rings is 3. The Hall–Kier alpha value is -3.25. The Bertz CT molecular complexity index is 1100. The van der Waals surface area contributed by atoms with Crippen LogP contribution in [0, 0.1) is 11.6 Å². The van der Waals surface area contributed by atoms with E-state index in [4.69, 9.17) is 4.74 Å². The van der Waals surface area contributed by atoms with Gasteiger partial charge in [-0.15, -0.1) is 0 Å². The second-order valence-corrected chi connectivity index (χ2v) is 8.45. The molecule has 0 radical (unpaired) electrons. The third-order valence-electron chi connectivity index (χ3n) is 6.40. The van der Waals surface area contributed by atoms with Gasteiger partial charge in [-0.05, 0) is 66.3 Å². The van der Waals surface area contributed by atoms with E-state index >= 15 is 0 Å². The van der Waals surface area contributed by atoms with Crippen LogP contribution in [0.3, 0.4) is 0 Å². The van der Waals surface area contributed by atoms with E-state index < -0.39 is 11.7 Å². The summed E-state index contributed by atoms with van der Waals surface area (Å²) in [6, 6.07) is 20.0. The van der Waals surface area contributed by atoms with E-state index in [2.05, 4.69) is 0 Å². The molecule has 4 rings (SSSR count). The van der Waals surface area contributed by atoms with E-state index in [0.717, 1.165) is 16.7 Å². The van der Waals surface area contributed by atoms with Crippen molar-refractivity contribution in [1.82, 2.24) is 4.90 Å². The molecule has 1 heterocycles. The van der Waals surface area contributed by atoms with Gasteiger partial charge in [0.15, 0.2) is 0 Å². The van der Waals surface area contributed by atoms with Crippen LogP contribution in [0.5, 0.6) is 0 Å². The number of carbonyl (C=O) groups excluding carboxylic acids is 1. The minimum atomic E-state index is -0.954. The minimum Gasteiger partial charge on any atom is -0.438 e. The largest absolute Gasteiger partial charge is 0.438 e. The average molecular weight is 452 g/mol. The molecule has 0 aliphatic carbocycles. The summed E-state index contributed by atoms with van der Waals surface area (Å²) in [5.41, 5.74) is 2.48. The molecule has 0 bridgehead atoms. The summed E-state index contributed by atoms with van der Waals surface area (Å²) in [5.74, 6) is -0.662. The summed E-state index contributed by atoms with van der Waals surface area (Å²) in [6.45, 7) is 2.36. The average Bonchev–Trinajstić information content (AvgIpc) is 2.83. The molecule has 1 aliphatic rings. The maximum Gasteiger partial charge on any atom is 0.411 e. The van der Waals surface area contributed by atoms with Crippen molar-refractivity contribution in [1.29, 1.82) is 0 Å². The van der Waals surface area contributed by atoms with Crippen LogP contribution >= 0.6 is 0 Å². The summed E-state index contributed by atoms with van der Waals surface area (Å²) in [6.07, 6.45) is 0.913. The van der Waals surface area contributed by atoms with Crippen LogP contribution in [0.1, 0.15) is 43.4 Å². The highest BCUT2D eigenvalue weighted by Gasteiger charge is 2.43. The molecule has 1 unspecified atom stereocenters. The van der Waals surface area contributed by atoms with Crippen LogP contribution in [0.15, 0.2) is 72.8 Å². The lowest BCUT2D eigenvalue weighted by molar-refractivity contribution is -0.0681. The van der Waals surface area contributed by atoms with Gasteiger partial charge < -0.3 is 14.7 Å². The first kappa shape index (κ1) is 22.9. The molecule has 1 fully saturated rings. The third-order valence-corrected chi connectivity index (χ3v) is 6.40. The summed E-state index contributed by atoms with van der Waals surface area (Å²) in [5, 5.41) is 9.34. The van der Waals surface area contributed by atoms with Gasteiger partial charge in [-0.2, -0.15) is 0 Å². The molecule has 172 valence electrons. The fraction of sp³-hybridized carbons (Fsp3) is 0.296. The monoisotopic (exact) mass is 451 g/mol. The Kier molecular flexibility index (Phi) is 6.75. The number of hydrogen-bond donors (Lipinski definition) is 1. The number of aliphatic hydroxyl groups is 1. The van der Waals surface area contributed by atoms with Crippen molar-refractivity contribution in [2.24, 2.45) is 0 Å². The lowest BCUT2D eigenvalue weighted by Gasteiger charge is -2.43. The van der Waals surface area contributed by atoms with Gasteiger partial charge in [0.2, 0.25) is 0 Å². The van der Waals surface area contributed by atoms with Crippen LogP contribution in [0.25, 0.3) is 11.1 Å². The van der Waals surface area contributed by atoms with Gasteiger partial charge in [-0.3, -0.25) is 0 Å². The number of amides is 1. The highest BCUT2D eigenvalue weighted by atomic mass is 19.1. The number of ether oxygens (including phenoxy) is 1. The van der Waals surface area contributed by atoms with Gasteiger partial charge in [0.1, 0.15) is 17.2 Å². The van der Waals surface area contributed by atoms with Crippen LogP contribution in [-0.2, 0) is 10.3 Å². The van der Waals surface area contributed by atoms with E-state index in [0.29, 0.717) is 31.4 Å². The van der Waals surface area contributed by atoms with Crippen molar-refractivity contribution in [3.8, 4) is 11.1 Å². The molecule has 1 N–H and O–H groups in total. The smallest absolute Gasteiger partial charge is 0.411 e. The maximum atomic E-state index is 13.9. The van der Waals surface area contributed by atoms with Crippen molar-refractivity contribution in [2.75, 3.05) is 13.2 Å². The third kappa shape index (κ3) is 4.91. The highest BCUT2D eigenvalue weighted by molar-refractivity contribution is 5.70. The Balaban J connectivity index is 1.51. The molecule has 1 aliphatic heterocycles. The quantitative estimate of drug-likeness (QED) is 0.465. The van der Waals surface area contributed by atoms with E-state index in [-0.39, 0.29) is 24.3 Å². The summed E-state index contributed by atoms with van der Waals surface area (Å²) in [4.78, 5) is 14.7. The molecule has 1 saturated heterocycles. The van der Waals surface area contributed by atoms with E-state index in [1.807, 2.05) is 31.2 Å². The molecule has 3 aromatic rings. The minimum absolute atomic E-state index is 0.0326. The van der Waals surface area contributed by atoms with Crippen LogP contribution in [-0.4, -0.2) is 29.3 Å². The second-order valence-electron chi connectivity index (χ2n) is 8.45. The fourth-order valence-electron chi connectivity index (χ4n) is 4.46. The van der Waals surface area contributed by atoms with Crippen molar-refractivity contribution < 1.29 is 23.4 Å². The number of cyclic esters (lactones) is 1. The molecular formula is C27H27F2NO3. The Morgan fingerprint density at radius 2 is 1.67 bits per heavy atom. The van der Waals surface area contributed by atoms with Crippen molar-refractivity contribution in [3.63, 3.8) is 0 Å². The normalized spacial score (nSPS) is 19.3. The first-order valence-electron chi connectivity index (χ1n) is 11.1. The molecule has 2 atom stereocenters. The molecule has 6 heteroatoms. The molecule has 0 spiro atoms. The zero-order chi connectivity index (χ0) is 23.4. The highest BCUT2D eigenvalue weighted by Crippen LogP contribution is 2.40. The zero-order valence-corrected chi connectivity index (χ0v) is 18.5. The Labute approximate surface area is 192 Å². The van der Waals surface area contributed by atoms with Crippen molar-refractivity contribution in [2.45, 2.75) is 37.8 Å². The number of rotatable bonds is 7. The molecular weight excluding hydrogens is 424 g/mol. The standard InChI is InChI=1S/C27H27F2NO3/c1-19(20-6-8-21(9-7-20)22-10-12-24(28)13-11-22)30-16-15-27(14-3-17-31,33-26(30)32)23-4-2-5-25(29)18-23/h2,4-13,18-19,31H,3,14-17H2,1H3/t19-,27?/m0/s1. The van der Waals surface area contributed by atoms with Crippen molar-refractivity contribution >= 4 is 6.09 Å². The van der Waals surface area contributed by atoms with Gasteiger partial charge in [-0.1, -0.05) is 48.5 Å². The number of nitrogens with zero attached hydrogens (tertiary/aromatic N) is 1. The van der Waals surface area contributed by atoms with Gasteiger partial charge in [0, 0.05) is 19.6 Å². The second kappa shape index (κ2) is 9.71. The summed E-state index contributed by atoms with van der Waals surface area (Å²) in [7, 11) is 0. The predicted octanol–water partition coefficient (Wildman–Crippen LogP) is 6.20. The van der Waals surface area contributed by atoms with Gasteiger partial charge in [-0.25, -0.2) is 13.6 Å². The summed E-state index contributed by atoms with van der Waals surface area (Å²) < 4.78 is 33.0. The maximum absolute atomic E-state index is 13.9. The van der Waals surface area contributed by atoms with Crippen LogP contribution in [0.4, 0.5) is 13.6 Å². The van der Waals surface area contributed by atoms with E-state index in [1.165, 1.54) is 24.3 Å². The molecule has 1 amide bonds. The molecule has 0 aromatic heterocycles. The van der Waals surface area contributed by atoms with E-state index in [9.17, 15) is 18.7 Å². The van der Waals surface area contributed by atoms with Gasteiger partial charge >= 0.3 is 6.09 Å². The fourth-order valence-corrected chi connectivity index (χ4v) is 4.46. The lowest BCUT2D eigenvalue weighted by atomic mass is 9.84. The van der Waals surface area contributed by atoms with Gasteiger partial charge in [0.05, 0.1) is 6.04 Å². The Morgan fingerprint density at radius 1 is 1.00 bits per heavy atom.